The summed E-state index contributed by atoms with van der Waals surface area (Å²) in [6.45, 7) is 1.83. The summed E-state index contributed by atoms with van der Waals surface area (Å²) in [6.07, 6.45) is 3.52. The Kier molecular flexibility index (Phi) is 5.51. The van der Waals surface area contributed by atoms with Crippen molar-refractivity contribution in [3.8, 4) is 0 Å². The van der Waals surface area contributed by atoms with Crippen LogP contribution in [0.5, 0.6) is 0 Å². The minimum Gasteiger partial charge on any atom is -0.370 e. The van der Waals surface area contributed by atoms with E-state index in [0.717, 1.165) is 37.2 Å². The van der Waals surface area contributed by atoms with Crippen LogP contribution >= 0.6 is 0 Å². The van der Waals surface area contributed by atoms with Crippen LogP contribution in [0.15, 0.2) is 42.5 Å². The third kappa shape index (κ3) is 4.39. The largest absolute Gasteiger partial charge is 0.370 e. The average molecular weight is 355 g/mol. The number of nitrogens with zero attached hydrogens (tertiary/aromatic N) is 1. The summed E-state index contributed by atoms with van der Waals surface area (Å²) in [4.78, 5) is 26.2. The molecule has 2 amide bonds. The Hall–Kier alpha value is -2.89. The number of carbonyl (C=O) groups excluding carboxylic acids is 2. The Labute approximate surface area is 152 Å². The third-order valence-electron chi connectivity index (χ3n) is 4.53. The predicted molar refractivity (Wildman–Crippen MR) is 99.8 cm³/mol. The molecule has 3 rings (SSSR count). The molecule has 0 aliphatic carbocycles. The standard InChI is InChI=1S/C20H22FN3O2/c21-16-7-4-14(5-8-16)12-19(25)23-17-13-15(20(22)26)6-9-18(17)24-10-2-1-3-11-24/h4-9,13H,1-3,10-12H2,(H2,22,26)(H,23,25). The lowest BCUT2D eigenvalue weighted by Gasteiger charge is -2.30. The van der Waals surface area contributed by atoms with Gasteiger partial charge in [-0.3, -0.25) is 9.59 Å². The quantitative estimate of drug-likeness (QED) is 0.865. The molecule has 2 aromatic carbocycles. The number of piperidine rings is 1. The summed E-state index contributed by atoms with van der Waals surface area (Å²) in [7, 11) is 0. The molecule has 0 aromatic heterocycles. The normalized spacial score (nSPS) is 14.1. The molecule has 3 N–H and O–H groups in total. The molecule has 0 atom stereocenters. The van der Waals surface area contributed by atoms with Gasteiger partial charge in [0.05, 0.1) is 17.8 Å². The van der Waals surface area contributed by atoms with E-state index in [-0.39, 0.29) is 18.1 Å². The smallest absolute Gasteiger partial charge is 0.248 e. The van der Waals surface area contributed by atoms with Crippen molar-refractivity contribution in [2.75, 3.05) is 23.3 Å². The van der Waals surface area contributed by atoms with Crippen LogP contribution in [0.3, 0.4) is 0 Å². The molecule has 1 saturated heterocycles. The second-order valence-corrected chi connectivity index (χ2v) is 6.50. The number of primary amides is 1. The molecule has 1 aliphatic heterocycles. The number of halogens is 1. The highest BCUT2D eigenvalue weighted by Crippen LogP contribution is 2.30. The maximum absolute atomic E-state index is 13.0. The zero-order valence-electron chi connectivity index (χ0n) is 14.5. The number of hydrogen-bond acceptors (Lipinski definition) is 3. The molecule has 26 heavy (non-hydrogen) atoms. The Balaban J connectivity index is 1.81. The van der Waals surface area contributed by atoms with Gasteiger partial charge in [-0.1, -0.05) is 12.1 Å². The highest BCUT2D eigenvalue weighted by molar-refractivity contribution is 5.99. The molecule has 0 bridgehead atoms. The van der Waals surface area contributed by atoms with Crippen LogP contribution in [-0.2, 0) is 11.2 Å². The van der Waals surface area contributed by atoms with Gasteiger partial charge in [-0.05, 0) is 55.2 Å². The second kappa shape index (κ2) is 7.99. The molecule has 136 valence electrons. The number of nitrogens with two attached hydrogens (primary N) is 1. The Morgan fingerprint density at radius 1 is 1.04 bits per heavy atom. The zero-order chi connectivity index (χ0) is 18.5. The number of benzene rings is 2. The van der Waals surface area contributed by atoms with E-state index < -0.39 is 5.91 Å². The van der Waals surface area contributed by atoms with Gasteiger partial charge >= 0.3 is 0 Å². The fourth-order valence-electron chi connectivity index (χ4n) is 3.18. The maximum atomic E-state index is 13.0. The molecule has 1 fully saturated rings. The summed E-state index contributed by atoms with van der Waals surface area (Å²) >= 11 is 0. The zero-order valence-corrected chi connectivity index (χ0v) is 14.5. The van der Waals surface area contributed by atoms with Gasteiger partial charge in [-0.2, -0.15) is 0 Å². The SMILES string of the molecule is NC(=O)c1ccc(N2CCCCC2)c(NC(=O)Cc2ccc(F)cc2)c1. The molecule has 0 radical (unpaired) electrons. The van der Waals surface area contributed by atoms with Crippen LogP contribution in [0.4, 0.5) is 15.8 Å². The van der Waals surface area contributed by atoms with Gasteiger partial charge in [0.15, 0.2) is 0 Å². The minimum absolute atomic E-state index is 0.126. The minimum atomic E-state index is -0.538. The van der Waals surface area contributed by atoms with Crippen LogP contribution in [0.2, 0.25) is 0 Å². The molecule has 1 heterocycles. The molecular formula is C20H22FN3O2. The Bertz CT molecular complexity index is 799. The van der Waals surface area contributed by atoms with Crippen molar-refractivity contribution in [3.63, 3.8) is 0 Å². The van der Waals surface area contributed by atoms with Gasteiger partial charge < -0.3 is 16.0 Å². The fraction of sp³-hybridized carbons (Fsp3) is 0.300. The first-order valence-electron chi connectivity index (χ1n) is 8.76. The summed E-state index contributed by atoms with van der Waals surface area (Å²) in [5, 5.41) is 2.88. The van der Waals surface area contributed by atoms with E-state index in [1.165, 1.54) is 18.6 Å². The van der Waals surface area contributed by atoms with E-state index in [1.54, 1.807) is 24.3 Å². The van der Waals surface area contributed by atoms with E-state index in [1.807, 2.05) is 6.07 Å². The molecule has 1 aliphatic rings. The van der Waals surface area contributed by atoms with Crippen molar-refractivity contribution in [1.82, 2.24) is 0 Å². The average Bonchev–Trinajstić information content (AvgIpc) is 2.64. The van der Waals surface area contributed by atoms with Gasteiger partial charge in [-0.25, -0.2) is 4.39 Å². The van der Waals surface area contributed by atoms with Crippen LogP contribution in [0.1, 0.15) is 35.2 Å². The Morgan fingerprint density at radius 3 is 2.38 bits per heavy atom. The number of rotatable bonds is 5. The van der Waals surface area contributed by atoms with Crippen LogP contribution in [-0.4, -0.2) is 24.9 Å². The molecule has 2 aromatic rings. The number of nitrogens with one attached hydrogen (secondary N) is 1. The lowest BCUT2D eigenvalue weighted by molar-refractivity contribution is -0.115. The maximum Gasteiger partial charge on any atom is 0.248 e. The van der Waals surface area contributed by atoms with Crippen molar-refractivity contribution in [3.05, 3.63) is 59.4 Å². The van der Waals surface area contributed by atoms with Crippen molar-refractivity contribution < 1.29 is 14.0 Å². The lowest BCUT2D eigenvalue weighted by atomic mass is 10.1. The summed E-state index contributed by atoms with van der Waals surface area (Å²) in [5.74, 6) is -1.10. The van der Waals surface area contributed by atoms with Crippen molar-refractivity contribution in [2.24, 2.45) is 5.73 Å². The third-order valence-corrected chi connectivity index (χ3v) is 4.53. The second-order valence-electron chi connectivity index (χ2n) is 6.50. The Morgan fingerprint density at radius 2 is 1.73 bits per heavy atom. The molecule has 0 unspecified atom stereocenters. The van der Waals surface area contributed by atoms with Crippen LogP contribution < -0.4 is 16.0 Å². The van der Waals surface area contributed by atoms with Crippen molar-refractivity contribution >= 4 is 23.2 Å². The van der Waals surface area contributed by atoms with Gasteiger partial charge in [0.2, 0.25) is 11.8 Å². The van der Waals surface area contributed by atoms with E-state index in [9.17, 15) is 14.0 Å². The molecule has 5 nitrogen and oxygen atoms in total. The topological polar surface area (TPSA) is 75.4 Å². The fourth-order valence-corrected chi connectivity index (χ4v) is 3.18. The number of carbonyl (C=O) groups is 2. The monoisotopic (exact) mass is 355 g/mol. The highest BCUT2D eigenvalue weighted by atomic mass is 19.1. The molecular weight excluding hydrogens is 333 g/mol. The first kappa shape index (κ1) is 17.9. The van der Waals surface area contributed by atoms with Crippen molar-refractivity contribution in [1.29, 1.82) is 0 Å². The molecule has 6 heteroatoms. The molecule has 0 saturated carbocycles. The molecule has 0 spiro atoms. The van der Waals surface area contributed by atoms with E-state index in [2.05, 4.69) is 10.2 Å². The number of amides is 2. The first-order chi connectivity index (χ1) is 12.5. The first-order valence-corrected chi connectivity index (χ1v) is 8.76. The van der Waals surface area contributed by atoms with Gasteiger partial charge in [0.25, 0.3) is 0 Å². The number of hydrogen-bond donors (Lipinski definition) is 2. The van der Waals surface area contributed by atoms with Gasteiger partial charge in [-0.15, -0.1) is 0 Å². The van der Waals surface area contributed by atoms with Gasteiger partial charge in [0.1, 0.15) is 5.82 Å². The lowest BCUT2D eigenvalue weighted by Crippen LogP contribution is -2.30. The predicted octanol–water partition coefficient (Wildman–Crippen LogP) is 3.10. The summed E-state index contributed by atoms with van der Waals surface area (Å²) in [5.41, 5.74) is 7.92. The van der Waals surface area contributed by atoms with E-state index in [0.29, 0.717) is 11.3 Å². The van der Waals surface area contributed by atoms with Gasteiger partial charge in [0, 0.05) is 18.7 Å². The highest BCUT2D eigenvalue weighted by Gasteiger charge is 2.17. The van der Waals surface area contributed by atoms with E-state index in [4.69, 9.17) is 5.73 Å². The van der Waals surface area contributed by atoms with Crippen molar-refractivity contribution in [2.45, 2.75) is 25.7 Å². The van der Waals surface area contributed by atoms with E-state index >= 15 is 0 Å². The van der Waals surface area contributed by atoms with Crippen LogP contribution in [0, 0.1) is 5.82 Å². The summed E-state index contributed by atoms with van der Waals surface area (Å²) in [6, 6.07) is 11.0. The van der Waals surface area contributed by atoms with Crippen LogP contribution in [0.25, 0.3) is 0 Å². The number of anilines is 2. The summed E-state index contributed by atoms with van der Waals surface area (Å²) < 4.78 is 13.0.